The number of nitrogens with zero attached hydrogens (tertiary/aromatic N) is 3. The van der Waals surface area contributed by atoms with Crippen molar-refractivity contribution in [2.45, 2.75) is 46.2 Å². The molecular weight excluding hydrogens is 278 g/mol. The molecule has 0 radical (unpaired) electrons. The van der Waals surface area contributed by atoms with Crippen LogP contribution in [0.5, 0.6) is 0 Å². The zero-order valence-electron chi connectivity index (χ0n) is 13.8. The molecule has 1 aromatic heterocycles. The van der Waals surface area contributed by atoms with Crippen molar-refractivity contribution >= 4 is 0 Å². The SMILES string of the molecule is CC(C)c1ccc(-c2noc(CN(CCO)C(C)C)n2)cc1. The van der Waals surface area contributed by atoms with E-state index < -0.39 is 0 Å². The van der Waals surface area contributed by atoms with Crippen LogP contribution in [-0.2, 0) is 6.54 Å². The smallest absolute Gasteiger partial charge is 0.241 e. The van der Waals surface area contributed by atoms with Crippen LogP contribution in [0, 0.1) is 0 Å². The molecule has 2 aromatic rings. The van der Waals surface area contributed by atoms with Gasteiger partial charge in [-0.1, -0.05) is 43.3 Å². The number of aliphatic hydroxyl groups is 1. The highest BCUT2D eigenvalue weighted by Gasteiger charge is 2.15. The summed E-state index contributed by atoms with van der Waals surface area (Å²) >= 11 is 0. The van der Waals surface area contributed by atoms with Gasteiger partial charge in [0, 0.05) is 18.2 Å². The second-order valence-corrected chi connectivity index (χ2v) is 6.08. The standard InChI is InChI=1S/C17H25N3O2/c1-12(2)14-5-7-15(8-6-14)17-18-16(22-19-17)11-20(9-10-21)13(3)4/h5-8,12-13,21H,9-11H2,1-4H3. The Morgan fingerprint density at radius 2 is 1.82 bits per heavy atom. The molecule has 0 atom stereocenters. The first-order valence-corrected chi connectivity index (χ1v) is 7.79. The molecule has 0 saturated carbocycles. The minimum atomic E-state index is 0.121. The summed E-state index contributed by atoms with van der Waals surface area (Å²) in [7, 11) is 0. The molecule has 0 spiro atoms. The van der Waals surface area contributed by atoms with Crippen LogP contribution in [0.4, 0.5) is 0 Å². The average Bonchev–Trinajstić information content (AvgIpc) is 2.95. The molecular formula is C17H25N3O2. The zero-order chi connectivity index (χ0) is 16.1. The molecule has 0 aliphatic carbocycles. The van der Waals surface area contributed by atoms with E-state index in [1.165, 1.54) is 5.56 Å². The van der Waals surface area contributed by atoms with Gasteiger partial charge in [0.25, 0.3) is 0 Å². The Morgan fingerprint density at radius 3 is 2.36 bits per heavy atom. The minimum absolute atomic E-state index is 0.121. The molecule has 0 unspecified atom stereocenters. The van der Waals surface area contributed by atoms with Gasteiger partial charge in [0.05, 0.1) is 13.2 Å². The molecule has 5 nitrogen and oxygen atoms in total. The second-order valence-electron chi connectivity index (χ2n) is 6.08. The van der Waals surface area contributed by atoms with E-state index in [1.807, 2.05) is 12.1 Å². The molecule has 0 amide bonds. The van der Waals surface area contributed by atoms with E-state index in [0.717, 1.165) is 5.56 Å². The lowest BCUT2D eigenvalue weighted by Gasteiger charge is -2.23. The molecule has 22 heavy (non-hydrogen) atoms. The maximum atomic E-state index is 9.11. The van der Waals surface area contributed by atoms with Crippen LogP contribution in [0.1, 0.15) is 45.1 Å². The Labute approximate surface area is 132 Å². The monoisotopic (exact) mass is 303 g/mol. The second kappa shape index (κ2) is 7.51. The largest absolute Gasteiger partial charge is 0.395 e. The summed E-state index contributed by atoms with van der Waals surface area (Å²) in [5.41, 5.74) is 2.25. The topological polar surface area (TPSA) is 62.4 Å². The fourth-order valence-electron chi connectivity index (χ4n) is 2.28. The first-order chi connectivity index (χ1) is 10.5. The van der Waals surface area contributed by atoms with Gasteiger partial charge in [0.15, 0.2) is 0 Å². The van der Waals surface area contributed by atoms with Crippen LogP contribution in [0.2, 0.25) is 0 Å². The molecule has 1 aromatic carbocycles. The third kappa shape index (κ3) is 4.15. The maximum Gasteiger partial charge on any atom is 0.241 e. The summed E-state index contributed by atoms with van der Waals surface area (Å²) in [6.07, 6.45) is 0. The van der Waals surface area contributed by atoms with Gasteiger partial charge in [-0.15, -0.1) is 0 Å². The third-order valence-corrected chi connectivity index (χ3v) is 3.76. The average molecular weight is 303 g/mol. The predicted octanol–water partition coefficient (Wildman–Crippen LogP) is 3.06. The van der Waals surface area contributed by atoms with E-state index in [0.29, 0.717) is 36.8 Å². The Balaban J connectivity index is 2.10. The van der Waals surface area contributed by atoms with Crippen LogP contribution in [-0.4, -0.2) is 39.3 Å². The first kappa shape index (κ1) is 16.6. The molecule has 1 N–H and O–H groups in total. The van der Waals surface area contributed by atoms with Gasteiger partial charge < -0.3 is 9.63 Å². The minimum Gasteiger partial charge on any atom is -0.395 e. The van der Waals surface area contributed by atoms with E-state index in [4.69, 9.17) is 9.63 Å². The number of rotatable bonds is 7. The van der Waals surface area contributed by atoms with Crippen LogP contribution in [0.3, 0.4) is 0 Å². The number of aliphatic hydroxyl groups excluding tert-OH is 1. The lowest BCUT2D eigenvalue weighted by Crippen LogP contribution is -2.33. The number of hydrogen-bond donors (Lipinski definition) is 1. The van der Waals surface area contributed by atoms with Crippen molar-refractivity contribution in [2.75, 3.05) is 13.2 Å². The van der Waals surface area contributed by atoms with Gasteiger partial charge in [-0.2, -0.15) is 4.98 Å². The normalized spacial score (nSPS) is 11.8. The van der Waals surface area contributed by atoms with Gasteiger partial charge in [-0.05, 0) is 25.3 Å². The third-order valence-electron chi connectivity index (χ3n) is 3.76. The maximum absolute atomic E-state index is 9.11. The molecule has 5 heteroatoms. The summed E-state index contributed by atoms with van der Waals surface area (Å²) in [4.78, 5) is 6.55. The Hall–Kier alpha value is -1.72. The van der Waals surface area contributed by atoms with Crippen LogP contribution in [0.25, 0.3) is 11.4 Å². The fraction of sp³-hybridized carbons (Fsp3) is 0.529. The lowest BCUT2D eigenvalue weighted by molar-refractivity contribution is 0.144. The Bertz CT molecular complexity index is 576. The fourth-order valence-corrected chi connectivity index (χ4v) is 2.28. The number of hydrogen-bond acceptors (Lipinski definition) is 5. The molecule has 0 fully saturated rings. The van der Waals surface area contributed by atoms with E-state index in [1.54, 1.807) is 0 Å². The summed E-state index contributed by atoms with van der Waals surface area (Å²) < 4.78 is 5.34. The molecule has 120 valence electrons. The van der Waals surface area contributed by atoms with Crippen molar-refractivity contribution in [2.24, 2.45) is 0 Å². The van der Waals surface area contributed by atoms with Gasteiger partial charge in [-0.25, -0.2) is 0 Å². The highest BCUT2D eigenvalue weighted by molar-refractivity contribution is 5.54. The summed E-state index contributed by atoms with van der Waals surface area (Å²) in [5, 5.41) is 13.2. The van der Waals surface area contributed by atoms with Gasteiger partial charge in [0.1, 0.15) is 0 Å². The zero-order valence-corrected chi connectivity index (χ0v) is 13.8. The summed E-state index contributed by atoms with van der Waals surface area (Å²) in [5.74, 6) is 1.69. The summed E-state index contributed by atoms with van der Waals surface area (Å²) in [6.45, 7) is 9.77. The van der Waals surface area contributed by atoms with Gasteiger partial charge in [0.2, 0.25) is 11.7 Å². The molecule has 1 heterocycles. The summed E-state index contributed by atoms with van der Waals surface area (Å²) in [6, 6.07) is 8.56. The van der Waals surface area contributed by atoms with E-state index in [9.17, 15) is 0 Å². The first-order valence-electron chi connectivity index (χ1n) is 7.79. The van der Waals surface area contributed by atoms with E-state index >= 15 is 0 Å². The van der Waals surface area contributed by atoms with Crippen molar-refractivity contribution < 1.29 is 9.63 Å². The molecule has 0 saturated heterocycles. The number of benzene rings is 1. The quantitative estimate of drug-likeness (QED) is 0.851. The Kier molecular flexibility index (Phi) is 5.69. The van der Waals surface area contributed by atoms with E-state index in [2.05, 4.69) is 54.9 Å². The van der Waals surface area contributed by atoms with Crippen molar-refractivity contribution in [3.8, 4) is 11.4 Å². The number of aromatic nitrogens is 2. The highest BCUT2D eigenvalue weighted by atomic mass is 16.5. The lowest BCUT2D eigenvalue weighted by atomic mass is 10.0. The highest BCUT2D eigenvalue weighted by Crippen LogP contribution is 2.21. The van der Waals surface area contributed by atoms with Crippen LogP contribution in [0.15, 0.2) is 28.8 Å². The molecule has 0 aliphatic rings. The van der Waals surface area contributed by atoms with Crippen molar-refractivity contribution in [1.82, 2.24) is 15.0 Å². The van der Waals surface area contributed by atoms with Gasteiger partial charge in [-0.3, -0.25) is 4.90 Å². The molecule has 0 aliphatic heterocycles. The predicted molar refractivity (Wildman–Crippen MR) is 86.5 cm³/mol. The van der Waals surface area contributed by atoms with Gasteiger partial charge >= 0.3 is 0 Å². The van der Waals surface area contributed by atoms with E-state index in [-0.39, 0.29) is 6.61 Å². The van der Waals surface area contributed by atoms with Crippen LogP contribution >= 0.6 is 0 Å². The van der Waals surface area contributed by atoms with Crippen LogP contribution < -0.4 is 0 Å². The Morgan fingerprint density at radius 1 is 1.14 bits per heavy atom. The van der Waals surface area contributed by atoms with Crippen molar-refractivity contribution in [1.29, 1.82) is 0 Å². The molecule has 0 bridgehead atoms. The molecule has 2 rings (SSSR count). The van der Waals surface area contributed by atoms with Crippen molar-refractivity contribution in [3.05, 3.63) is 35.7 Å². The van der Waals surface area contributed by atoms with Crippen molar-refractivity contribution in [3.63, 3.8) is 0 Å².